The lowest BCUT2D eigenvalue weighted by molar-refractivity contribution is -0.139. The number of hydrogen-bond donors (Lipinski definition) is 2. The highest BCUT2D eigenvalue weighted by molar-refractivity contribution is 6.34. The zero-order valence-electron chi connectivity index (χ0n) is 24.9. The Morgan fingerprint density at radius 1 is 1.11 bits per heavy atom. The summed E-state index contributed by atoms with van der Waals surface area (Å²) in [6.07, 6.45) is -0.840. The van der Waals surface area contributed by atoms with Crippen LogP contribution < -0.4 is 21.1 Å². The Balaban J connectivity index is 1.27. The van der Waals surface area contributed by atoms with Crippen molar-refractivity contribution in [1.29, 1.82) is 0 Å². The van der Waals surface area contributed by atoms with E-state index in [-0.39, 0.29) is 53.1 Å². The molecule has 3 aromatic rings. The molecular formula is C30H33Cl2F3N8O3. The first-order chi connectivity index (χ1) is 21.9. The predicted molar refractivity (Wildman–Crippen MR) is 164 cm³/mol. The van der Waals surface area contributed by atoms with Crippen molar-refractivity contribution in [2.75, 3.05) is 36.9 Å². The van der Waals surface area contributed by atoms with E-state index in [9.17, 15) is 18.0 Å². The van der Waals surface area contributed by atoms with Crippen molar-refractivity contribution >= 4 is 40.6 Å². The number of nitrogens with zero attached hydrogens (tertiary/aromatic N) is 6. The molecule has 1 atom stereocenters. The van der Waals surface area contributed by atoms with Crippen LogP contribution in [0.4, 0.5) is 24.7 Å². The molecule has 6 heterocycles. The molecule has 0 bridgehead atoms. The third kappa shape index (κ3) is 5.52. The summed E-state index contributed by atoms with van der Waals surface area (Å²) in [6.45, 7) is 3.71. The van der Waals surface area contributed by atoms with Gasteiger partial charge in [0, 0.05) is 30.8 Å². The Bertz CT molecular complexity index is 1690. The van der Waals surface area contributed by atoms with Crippen molar-refractivity contribution in [2.24, 2.45) is 5.73 Å². The van der Waals surface area contributed by atoms with Gasteiger partial charge < -0.3 is 25.8 Å². The van der Waals surface area contributed by atoms with Gasteiger partial charge in [-0.05, 0) is 62.9 Å². The molecule has 46 heavy (non-hydrogen) atoms. The first kappa shape index (κ1) is 31.3. The Kier molecular flexibility index (Phi) is 7.97. The van der Waals surface area contributed by atoms with Crippen molar-refractivity contribution in [2.45, 2.75) is 76.0 Å². The number of benzene rings is 1. The van der Waals surface area contributed by atoms with E-state index in [4.69, 9.17) is 54.1 Å². The van der Waals surface area contributed by atoms with Crippen LogP contribution in [0.3, 0.4) is 0 Å². The van der Waals surface area contributed by atoms with Gasteiger partial charge >= 0.3 is 12.2 Å². The average Bonchev–Trinajstić information content (AvgIpc) is 3.61. The highest BCUT2D eigenvalue weighted by Gasteiger charge is 2.45. The van der Waals surface area contributed by atoms with Gasteiger partial charge in [0.2, 0.25) is 0 Å². The number of halogens is 5. The fourth-order valence-electron chi connectivity index (χ4n) is 7.44. The fourth-order valence-corrected chi connectivity index (χ4v) is 8.07. The predicted octanol–water partition coefficient (Wildman–Crippen LogP) is 4.91. The standard InChI is InChI=1S/C30H33Cl2F3N8O3/c31-19-11-16(36)10-17(23(19)30(33,34)35)22-12-20-18(14-45-22)27(39-28(38-20)46-15-29-4-1-7-42(29)8-2-5-29)41-6-3-9-43-21(13-41)24(32)25(40-43)26(37)44/h10-11,22H,1-9,12-15,36H2,(H2,37,44). The first-order valence-corrected chi connectivity index (χ1v) is 16.0. The topological polar surface area (TPSA) is 138 Å². The van der Waals surface area contributed by atoms with Crippen LogP contribution in [0.25, 0.3) is 0 Å². The van der Waals surface area contributed by atoms with Crippen LogP contribution in [0.1, 0.15) is 76.8 Å². The second-order valence-corrected chi connectivity index (χ2v) is 13.2. The molecule has 1 amide bonds. The molecule has 2 aromatic heterocycles. The summed E-state index contributed by atoms with van der Waals surface area (Å²) in [5.74, 6) is -0.197. The number of nitrogen functional groups attached to an aromatic ring is 1. The summed E-state index contributed by atoms with van der Waals surface area (Å²) in [4.78, 5) is 26.0. The molecule has 11 nitrogen and oxygen atoms in total. The molecule has 0 radical (unpaired) electrons. The minimum atomic E-state index is -4.72. The van der Waals surface area contributed by atoms with Gasteiger partial charge in [0.1, 0.15) is 12.4 Å². The number of primary amides is 1. The molecule has 1 unspecified atom stereocenters. The number of aromatic nitrogens is 4. The van der Waals surface area contributed by atoms with Crippen LogP contribution >= 0.6 is 23.2 Å². The molecule has 2 fully saturated rings. The Hall–Kier alpha value is -3.33. The number of alkyl halides is 3. The number of carbonyl (C=O) groups excluding carboxylic acids is 1. The lowest BCUT2D eigenvalue weighted by Crippen LogP contribution is -2.43. The number of hydrogen-bond acceptors (Lipinski definition) is 9. The van der Waals surface area contributed by atoms with Crippen molar-refractivity contribution in [3.8, 4) is 6.01 Å². The minimum Gasteiger partial charge on any atom is -0.461 e. The zero-order valence-corrected chi connectivity index (χ0v) is 26.4. The Morgan fingerprint density at radius 3 is 2.59 bits per heavy atom. The average molecular weight is 682 g/mol. The van der Waals surface area contributed by atoms with E-state index in [2.05, 4.69) is 10.00 Å². The van der Waals surface area contributed by atoms with Crippen LogP contribution in [-0.4, -0.2) is 62.3 Å². The lowest BCUT2D eigenvalue weighted by Gasteiger charge is -2.33. The summed E-state index contributed by atoms with van der Waals surface area (Å²) in [6, 6.07) is 2.49. The van der Waals surface area contributed by atoms with E-state index < -0.39 is 28.8 Å². The van der Waals surface area contributed by atoms with Gasteiger partial charge in [-0.1, -0.05) is 23.2 Å². The number of nitrogens with two attached hydrogens (primary N) is 2. The smallest absolute Gasteiger partial charge is 0.418 e. The van der Waals surface area contributed by atoms with E-state index in [0.29, 0.717) is 48.9 Å². The summed E-state index contributed by atoms with van der Waals surface area (Å²) in [5.41, 5.74) is 12.1. The SMILES string of the molecule is NC(=O)c1nn2c(c1Cl)CN(c1nc(OCC34CCCN3CCC4)nc3c1COC(c1cc(N)cc(Cl)c1C(F)(F)F)C3)CCC2. The number of rotatable bonds is 6. The highest BCUT2D eigenvalue weighted by Crippen LogP contribution is 2.45. The number of anilines is 2. The van der Waals surface area contributed by atoms with Gasteiger partial charge in [0.05, 0.1) is 51.8 Å². The van der Waals surface area contributed by atoms with Crippen LogP contribution in [0.5, 0.6) is 6.01 Å². The normalized spacial score (nSPS) is 21.1. The molecule has 0 aliphatic carbocycles. The second kappa shape index (κ2) is 11.7. The van der Waals surface area contributed by atoms with E-state index in [0.717, 1.165) is 44.8 Å². The highest BCUT2D eigenvalue weighted by atomic mass is 35.5. The Morgan fingerprint density at radius 2 is 1.87 bits per heavy atom. The van der Waals surface area contributed by atoms with Crippen molar-refractivity contribution in [1.82, 2.24) is 24.6 Å². The van der Waals surface area contributed by atoms with E-state index in [1.54, 1.807) is 4.68 Å². The van der Waals surface area contributed by atoms with Gasteiger partial charge in [-0.25, -0.2) is 0 Å². The second-order valence-electron chi connectivity index (χ2n) is 12.4. The maximum Gasteiger partial charge on any atom is 0.418 e. The molecule has 246 valence electrons. The summed E-state index contributed by atoms with van der Waals surface area (Å²) in [5, 5.41) is 4.00. The monoisotopic (exact) mass is 680 g/mol. The van der Waals surface area contributed by atoms with E-state index >= 15 is 0 Å². The number of ether oxygens (including phenoxy) is 2. The largest absolute Gasteiger partial charge is 0.461 e. The van der Waals surface area contributed by atoms with Crippen molar-refractivity contribution in [3.05, 3.63) is 56.0 Å². The number of fused-ring (bicyclic) bond motifs is 3. The maximum absolute atomic E-state index is 14.2. The van der Waals surface area contributed by atoms with Gasteiger partial charge in [-0.15, -0.1) is 0 Å². The minimum absolute atomic E-state index is 0.00312. The molecule has 0 saturated carbocycles. The molecule has 0 spiro atoms. The lowest BCUT2D eigenvalue weighted by atomic mass is 9.94. The van der Waals surface area contributed by atoms with Crippen LogP contribution in [0, 0.1) is 0 Å². The molecule has 4 aliphatic rings. The number of carbonyl (C=O) groups is 1. The Labute approximate surface area is 272 Å². The summed E-state index contributed by atoms with van der Waals surface area (Å²) < 4.78 is 56.7. The van der Waals surface area contributed by atoms with Crippen molar-refractivity contribution in [3.63, 3.8) is 0 Å². The molecule has 1 aromatic carbocycles. The number of amides is 1. The number of aryl methyl sites for hydroxylation is 1. The molecule has 4 aliphatic heterocycles. The first-order valence-electron chi connectivity index (χ1n) is 15.3. The molecule has 7 rings (SSSR count). The third-order valence-electron chi connectivity index (χ3n) is 9.58. The van der Waals surface area contributed by atoms with Crippen molar-refractivity contribution < 1.29 is 27.4 Å². The quantitative estimate of drug-likeness (QED) is 0.348. The van der Waals surface area contributed by atoms with Gasteiger partial charge in [-0.2, -0.15) is 28.2 Å². The zero-order chi connectivity index (χ0) is 32.4. The fraction of sp³-hybridized carbons (Fsp3) is 0.533. The van der Waals surface area contributed by atoms with Crippen LogP contribution in [-0.2, 0) is 37.0 Å². The van der Waals surface area contributed by atoms with Gasteiger partial charge in [0.25, 0.3) is 5.91 Å². The van der Waals surface area contributed by atoms with Gasteiger partial charge in [0.15, 0.2) is 5.69 Å². The van der Waals surface area contributed by atoms with Crippen LogP contribution in [0.15, 0.2) is 12.1 Å². The third-order valence-corrected chi connectivity index (χ3v) is 10.3. The summed E-state index contributed by atoms with van der Waals surface area (Å²) >= 11 is 12.6. The van der Waals surface area contributed by atoms with Crippen LogP contribution in [0.2, 0.25) is 10.0 Å². The maximum atomic E-state index is 14.2. The molecule has 4 N–H and O–H groups in total. The molecule has 2 saturated heterocycles. The molecular weight excluding hydrogens is 648 g/mol. The molecule has 16 heteroatoms. The van der Waals surface area contributed by atoms with Gasteiger partial charge in [-0.3, -0.25) is 14.4 Å². The van der Waals surface area contributed by atoms with E-state index in [1.165, 1.54) is 6.07 Å². The summed E-state index contributed by atoms with van der Waals surface area (Å²) in [7, 11) is 0. The van der Waals surface area contributed by atoms with E-state index in [1.807, 2.05) is 4.90 Å².